The fourth-order valence-electron chi connectivity index (χ4n) is 7.34. The van der Waals surface area contributed by atoms with Gasteiger partial charge in [0.05, 0.1) is 13.2 Å². The average molecular weight is 751 g/mol. The summed E-state index contributed by atoms with van der Waals surface area (Å²) in [5.41, 5.74) is 3.49. The van der Waals surface area contributed by atoms with Gasteiger partial charge in [-0.25, -0.2) is 0 Å². The van der Waals surface area contributed by atoms with E-state index in [1.54, 1.807) is 0 Å². The first-order valence-electron chi connectivity index (χ1n) is 18.9. The van der Waals surface area contributed by atoms with Crippen molar-refractivity contribution in [2.45, 2.75) is 29.5 Å². The number of hydrogen-bond acceptors (Lipinski definition) is 5. The molecule has 6 rings (SSSR count). The molecule has 57 heavy (non-hydrogen) atoms. The summed E-state index contributed by atoms with van der Waals surface area (Å²) in [6.07, 6.45) is 15.1. The molecule has 284 valence electrons. The van der Waals surface area contributed by atoms with Gasteiger partial charge in [-0.1, -0.05) is 200 Å². The Kier molecular flexibility index (Phi) is 14.7. The minimum atomic E-state index is -1.05. The van der Waals surface area contributed by atoms with Gasteiger partial charge in [0.1, 0.15) is 49.3 Å². The highest BCUT2D eigenvalue weighted by atomic mass is 16.6. The quantitative estimate of drug-likeness (QED) is 0.0576. The summed E-state index contributed by atoms with van der Waals surface area (Å²) < 4.78 is 33.9. The molecule has 6 aromatic carbocycles. The van der Waals surface area contributed by atoms with Crippen molar-refractivity contribution in [3.05, 3.63) is 215 Å². The highest BCUT2D eigenvalue weighted by Crippen LogP contribution is 2.42. The van der Waals surface area contributed by atoms with Gasteiger partial charge in [-0.2, -0.15) is 0 Å². The molecule has 0 radical (unpaired) electrons. The number of benzene rings is 6. The average Bonchev–Trinajstić information content (AvgIpc) is 3.29. The highest BCUT2D eigenvalue weighted by Gasteiger charge is 2.43. The third-order valence-corrected chi connectivity index (χ3v) is 9.86. The van der Waals surface area contributed by atoms with Gasteiger partial charge in [-0.05, 0) is 33.4 Å². The van der Waals surface area contributed by atoms with E-state index in [4.69, 9.17) is 43.0 Å². The predicted molar refractivity (Wildman–Crippen MR) is 226 cm³/mol. The van der Waals surface area contributed by atoms with E-state index in [1.165, 1.54) is 0 Å². The third-order valence-electron chi connectivity index (χ3n) is 9.86. The lowest BCUT2D eigenvalue weighted by Gasteiger charge is -2.40. The minimum Gasteiger partial charge on any atom is -0.360 e. The van der Waals surface area contributed by atoms with Crippen LogP contribution in [0.15, 0.2) is 182 Å². The number of ether oxygens (including phenoxy) is 5. The summed E-state index contributed by atoms with van der Waals surface area (Å²) in [6.45, 7) is -0.0500. The summed E-state index contributed by atoms with van der Waals surface area (Å²) in [4.78, 5) is 0. The van der Waals surface area contributed by atoms with Crippen molar-refractivity contribution in [3.63, 3.8) is 0 Å². The van der Waals surface area contributed by atoms with Crippen LogP contribution in [0.4, 0.5) is 0 Å². The summed E-state index contributed by atoms with van der Waals surface area (Å²) in [7, 11) is 0. The van der Waals surface area contributed by atoms with Gasteiger partial charge >= 0.3 is 0 Å². The van der Waals surface area contributed by atoms with E-state index >= 15 is 0 Å². The maximum atomic E-state index is 7.25. The molecule has 0 aliphatic carbocycles. The molecule has 0 aliphatic rings. The molecule has 0 aliphatic heterocycles. The Morgan fingerprint density at radius 3 is 0.807 bits per heavy atom. The molecule has 0 N–H and O–H groups in total. The Bertz CT molecular complexity index is 1840. The maximum Gasteiger partial charge on any atom is 0.143 e. The number of rotatable bonds is 20. The zero-order valence-corrected chi connectivity index (χ0v) is 31.9. The second-order valence-corrected chi connectivity index (χ2v) is 13.3. The van der Waals surface area contributed by atoms with Crippen LogP contribution in [0.2, 0.25) is 0 Å². The molecule has 0 amide bonds. The molecule has 0 bridgehead atoms. The van der Waals surface area contributed by atoms with Gasteiger partial charge in [-0.3, -0.25) is 0 Å². The lowest BCUT2D eigenvalue weighted by Crippen LogP contribution is -2.50. The second kappa shape index (κ2) is 20.6. The Balaban J connectivity index is 1.44. The molecule has 0 saturated carbocycles. The number of hydrogen-bond donors (Lipinski definition) is 0. The standard InChI is InChI=1S/C52H46O5/c1-4-37-53-48(40-56-51(42-25-13-7-14-26-42,43-27-15-8-16-28-43)44-29-17-9-18-30-44)50(55-39-6-3)49(54-38-5-2)41-57-52(45-31-19-10-20-32-45,46-33-21-11-22-34-46)47-35-23-12-24-36-47/h1-3,7-36,48-50H,37-41H2/t48-,49-/m0/s1. The van der Waals surface area contributed by atoms with Crippen LogP contribution in [0.25, 0.3) is 0 Å². The van der Waals surface area contributed by atoms with Gasteiger partial charge in [0.2, 0.25) is 0 Å². The predicted octanol–water partition coefficient (Wildman–Crippen LogP) is 9.06. The van der Waals surface area contributed by atoms with Crippen LogP contribution in [0, 0.1) is 37.0 Å². The summed E-state index contributed by atoms with van der Waals surface area (Å²) in [5.74, 6) is 7.88. The molecule has 0 heterocycles. The van der Waals surface area contributed by atoms with Gasteiger partial charge < -0.3 is 23.7 Å². The van der Waals surface area contributed by atoms with Crippen LogP contribution in [0.3, 0.4) is 0 Å². The fourth-order valence-corrected chi connectivity index (χ4v) is 7.34. The normalized spacial score (nSPS) is 12.5. The maximum absolute atomic E-state index is 7.25. The first-order valence-corrected chi connectivity index (χ1v) is 18.9. The van der Waals surface area contributed by atoms with Crippen molar-refractivity contribution in [2.75, 3.05) is 33.0 Å². The van der Waals surface area contributed by atoms with Crippen molar-refractivity contribution < 1.29 is 23.7 Å². The SMILES string of the molecule is C#CCOC([C@H](COC(c1ccccc1)(c1ccccc1)c1ccccc1)OCC#C)[C@H](COC(c1ccccc1)(c1ccccc1)c1ccccc1)OCC#C. The fraction of sp³-hybridized carbons (Fsp3) is 0.192. The topological polar surface area (TPSA) is 46.2 Å². The summed E-state index contributed by atoms with van der Waals surface area (Å²) in [5, 5.41) is 0. The molecular formula is C52H46O5. The zero-order chi connectivity index (χ0) is 39.6. The van der Waals surface area contributed by atoms with Crippen LogP contribution < -0.4 is 0 Å². The van der Waals surface area contributed by atoms with Crippen LogP contribution in [-0.4, -0.2) is 51.3 Å². The van der Waals surface area contributed by atoms with Crippen LogP contribution in [0.1, 0.15) is 33.4 Å². The van der Waals surface area contributed by atoms with Crippen molar-refractivity contribution in [1.29, 1.82) is 0 Å². The van der Waals surface area contributed by atoms with E-state index in [9.17, 15) is 0 Å². The van der Waals surface area contributed by atoms with E-state index in [-0.39, 0.29) is 33.0 Å². The van der Waals surface area contributed by atoms with Gasteiger partial charge in [0, 0.05) is 0 Å². The summed E-state index contributed by atoms with van der Waals surface area (Å²) >= 11 is 0. The Morgan fingerprint density at radius 1 is 0.351 bits per heavy atom. The van der Waals surface area contributed by atoms with Crippen molar-refractivity contribution in [2.24, 2.45) is 0 Å². The van der Waals surface area contributed by atoms with Crippen molar-refractivity contribution in [1.82, 2.24) is 0 Å². The van der Waals surface area contributed by atoms with E-state index in [1.807, 2.05) is 109 Å². The van der Waals surface area contributed by atoms with Gasteiger partial charge in [0.15, 0.2) is 0 Å². The molecule has 5 heteroatoms. The van der Waals surface area contributed by atoms with Crippen LogP contribution in [0.5, 0.6) is 0 Å². The lowest BCUT2D eigenvalue weighted by atomic mass is 9.80. The molecule has 2 atom stereocenters. The highest BCUT2D eigenvalue weighted by molar-refractivity contribution is 5.49. The Hall–Kier alpha value is -6.20. The summed E-state index contributed by atoms with van der Waals surface area (Å²) in [6, 6.07) is 60.7. The van der Waals surface area contributed by atoms with Gasteiger partial charge in [0.25, 0.3) is 0 Å². The minimum absolute atomic E-state index is 0.0205. The van der Waals surface area contributed by atoms with Crippen molar-refractivity contribution >= 4 is 0 Å². The lowest BCUT2D eigenvalue weighted by molar-refractivity contribution is -0.174. The first-order chi connectivity index (χ1) is 28.2. The van der Waals surface area contributed by atoms with E-state index in [0.717, 1.165) is 33.4 Å². The second-order valence-electron chi connectivity index (χ2n) is 13.3. The molecule has 0 saturated heterocycles. The van der Waals surface area contributed by atoms with Crippen LogP contribution >= 0.6 is 0 Å². The van der Waals surface area contributed by atoms with Crippen LogP contribution in [-0.2, 0) is 34.9 Å². The molecule has 5 nitrogen and oxygen atoms in total. The van der Waals surface area contributed by atoms with E-state index in [2.05, 4.69) is 90.6 Å². The third kappa shape index (κ3) is 9.44. The largest absolute Gasteiger partial charge is 0.360 e. The smallest absolute Gasteiger partial charge is 0.143 e. The zero-order valence-electron chi connectivity index (χ0n) is 31.9. The molecule has 0 spiro atoms. The molecule has 0 unspecified atom stereocenters. The Morgan fingerprint density at radius 2 is 0.579 bits per heavy atom. The first kappa shape index (κ1) is 40.5. The van der Waals surface area contributed by atoms with E-state index in [0.29, 0.717) is 0 Å². The molecular weight excluding hydrogens is 705 g/mol. The number of terminal acetylenes is 3. The Labute approximate surface area is 337 Å². The van der Waals surface area contributed by atoms with Crippen molar-refractivity contribution in [3.8, 4) is 37.0 Å². The molecule has 6 aromatic rings. The monoisotopic (exact) mass is 750 g/mol. The van der Waals surface area contributed by atoms with E-state index < -0.39 is 29.5 Å². The van der Waals surface area contributed by atoms with Gasteiger partial charge in [-0.15, -0.1) is 19.3 Å². The molecule has 0 aromatic heterocycles. The molecule has 0 fully saturated rings.